The zero-order valence-corrected chi connectivity index (χ0v) is 12.9. The highest BCUT2D eigenvalue weighted by Crippen LogP contribution is 2.34. The van der Waals surface area contributed by atoms with Crippen molar-refractivity contribution in [2.75, 3.05) is 12.1 Å². The summed E-state index contributed by atoms with van der Waals surface area (Å²) in [6, 6.07) is 11.3. The molecule has 0 radical (unpaired) electrons. The van der Waals surface area contributed by atoms with Gasteiger partial charge in [-0.05, 0) is 31.5 Å². The smallest absolute Gasteiger partial charge is 0.258 e. The van der Waals surface area contributed by atoms with Gasteiger partial charge in [-0.25, -0.2) is 0 Å². The van der Waals surface area contributed by atoms with Gasteiger partial charge in [0.25, 0.3) is 5.91 Å². The molecule has 0 spiro atoms. The van der Waals surface area contributed by atoms with Gasteiger partial charge in [0.2, 0.25) is 6.79 Å². The van der Waals surface area contributed by atoms with Gasteiger partial charge in [-0.1, -0.05) is 18.2 Å². The van der Waals surface area contributed by atoms with Crippen molar-refractivity contribution in [2.24, 2.45) is 0 Å². The number of hydrogen-bond donors (Lipinski definition) is 2. The molecule has 4 rings (SSSR count). The molecule has 1 aliphatic heterocycles. The summed E-state index contributed by atoms with van der Waals surface area (Å²) in [5.41, 5.74) is 4.32. The van der Waals surface area contributed by atoms with Crippen LogP contribution in [0.3, 0.4) is 0 Å². The SMILES string of the molecule is Cc1[nH]c2c(C)cccc2c1C(=O)Nc1ccc2c(c1)OCO2. The number of aromatic amines is 1. The highest BCUT2D eigenvalue weighted by atomic mass is 16.7. The predicted octanol–water partition coefficient (Wildman–Crippen LogP) is 3.77. The van der Waals surface area contributed by atoms with Crippen LogP contribution in [0.1, 0.15) is 21.6 Å². The van der Waals surface area contributed by atoms with E-state index in [0.29, 0.717) is 22.7 Å². The van der Waals surface area contributed by atoms with E-state index in [1.54, 1.807) is 18.2 Å². The summed E-state index contributed by atoms with van der Waals surface area (Å²) in [5.74, 6) is 1.20. The Kier molecular flexibility index (Phi) is 3.01. The molecule has 5 heteroatoms. The predicted molar refractivity (Wildman–Crippen MR) is 88.3 cm³/mol. The Morgan fingerprint density at radius 1 is 1.13 bits per heavy atom. The number of aromatic nitrogens is 1. The molecule has 0 bridgehead atoms. The quantitative estimate of drug-likeness (QED) is 0.757. The largest absolute Gasteiger partial charge is 0.454 e. The highest BCUT2D eigenvalue weighted by molar-refractivity contribution is 6.14. The normalized spacial score (nSPS) is 12.6. The molecule has 1 aromatic heterocycles. The first-order chi connectivity index (χ1) is 11.1. The number of hydrogen-bond acceptors (Lipinski definition) is 3. The second-order valence-electron chi connectivity index (χ2n) is 5.64. The minimum atomic E-state index is -0.141. The third-order valence-corrected chi connectivity index (χ3v) is 4.09. The van der Waals surface area contributed by atoms with Crippen molar-refractivity contribution in [3.63, 3.8) is 0 Å². The second kappa shape index (κ2) is 5.05. The summed E-state index contributed by atoms with van der Waals surface area (Å²) in [6.45, 7) is 4.15. The fraction of sp³-hybridized carbons (Fsp3) is 0.167. The van der Waals surface area contributed by atoms with E-state index in [4.69, 9.17) is 9.47 Å². The number of rotatable bonds is 2. The number of aryl methyl sites for hydroxylation is 2. The fourth-order valence-corrected chi connectivity index (χ4v) is 2.95. The Morgan fingerprint density at radius 2 is 1.96 bits per heavy atom. The molecular weight excluding hydrogens is 292 g/mol. The Balaban J connectivity index is 1.70. The summed E-state index contributed by atoms with van der Waals surface area (Å²) < 4.78 is 10.6. The average molecular weight is 308 g/mol. The molecule has 1 aliphatic rings. The lowest BCUT2D eigenvalue weighted by molar-refractivity contribution is 0.102. The Labute approximate surface area is 133 Å². The molecule has 23 heavy (non-hydrogen) atoms. The minimum absolute atomic E-state index is 0.141. The first kappa shape index (κ1) is 13.7. The molecule has 2 N–H and O–H groups in total. The maximum atomic E-state index is 12.7. The number of carbonyl (C=O) groups excluding carboxylic acids is 1. The van der Waals surface area contributed by atoms with Gasteiger partial charge in [0, 0.05) is 28.4 Å². The van der Waals surface area contributed by atoms with Gasteiger partial charge in [0.1, 0.15) is 0 Å². The van der Waals surface area contributed by atoms with E-state index in [2.05, 4.69) is 10.3 Å². The van der Waals surface area contributed by atoms with Crippen molar-refractivity contribution in [3.05, 3.63) is 53.2 Å². The van der Waals surface area contributed by atoms with Crippen molar-refractivity contribution in [2.45, 2.75) is 13.8 Å². The van der Waals surface area contributed by atoms with Crippen molar-refractivity contribution in [1.82, 2.24) is 4.98 Å². The number of fused-ring (bicyclic) bond motifs is 2. The number of carbonyl (C=O) groups is 1. The van der Waals surface area contributed by atoms with Crippen LogP contribution < -0.4 is 14.8 Å². The van der Waals surface area contributed by atoms with Gasteiger partial charge in [-0.2, -0.15) is 0 Å². The third-order valence-electron chi connectivity index (χ3n) is 4.09. The van der Waals surface area contributed by atoms with Crippen LogP contribution in [0.5, 0.6) is 11.5 Å². The van der Waals surface area contributed by atoms with E-state index in [0.717, 1.165) is 22.2 Å². The molecule has 116 valence electrons. The van der Waals surface area contributed by atoms with Crippen LogP contribution in [-0.4, -0.2) is 17.7 Å². The average Bonchev–Trinajstić information content (AvgIpc) is 3.11. The van der Waals surface area contributed by atoms with Crippen molar-refractivity contribution in [1.29, 1.82) is 0 Å². The number of benzene rings is 2. The molecule has 0 fully saturated rings. The van der Waals surface area contributed by atoms with E-state index >= 15 is 0 Å². The number of ether oxygens (including phenoxy) is 2. The Hall–Kier alpha value is -2.95. The topological polar surface area (TPSA) is 63.4 Å². The van der Waals surface area contributed by atoms with E-state index in [1.807, 2.05) is 32.0 Å². The molecule has 0 saturated heterocycles. The Morgan fingerprint density at radius 3 is 2.83 bits per heavy atom. The molecule has 0 saturated carbocycles. The maximum absolute atomic E-state index is 12.7. The van der Waals surface area contributed by atoms with E-state index in [1.165, 1.54) is 0 Å². The fourth-order valence-electron chi connectivity index (χ4n) is 2.95. The number of H-pyrrole nitrogens is 1. The molecule has 0 atom stereocenters. The standard InChI is InChI=1S/C18H16N2O3/c1-10-4-3-5-13-16(11(2)19-17(10)13)18(21)20-12-6-7-14-15(8-12)23-9-22-14/h3-8,19H,9H2,1-2H3,(H,20,21). The van der Waals surface area contributed by atoms with Crippen molar-refractivity contribution < 1.29 is 14.3 Å². The first-order valence-electron chi connectivity index (χ1n) is 7.42. The highest BCUT2D eigenvalue weighted by Gasteiger charge is 2.19. The second-order valence-corrected chi connectivity index (χ2v) is 5.64. The molecule has 0 aliphatic carbocycles. The zero-order chi connectivity index (χ0) is 16.0. The van der Waals surface area contributed by atoms with Crippen LogP contribution in [0.2, 0.25) is 0 Å². The van der Waals surface area contributed by atoms with Crippen LogP contribution in [0.25, 0.3) is 10.9 Å². The van der Waals surface area contributed by atoms with E-state index < -0.39 is 0 Å². The van der Waals surface area contributed by atoms with Crippen LogP contribution in [0.15, 0.2) is 36.4 Å². The Bertz CT molecular complexity index is 927. The summed E-state index contributed by atoms with van der Waals surface area (Å²) in [6.07, 6.45) is 0. The summed E-state index contributed by atoms with van der Waals surface area (Å²) in [4.78, 5) is 16.0. The number of nitrogens with one attached hydrogen (secondary N) is 2. The monoisotopic (exact) mass is 308 g/mol. The summed E-state index contributed by atoms with van der Waals surface area (Å²) >= 11 is 0. The third kappa shape index (κ3) is 2.21. The van der Waals surface area contributed by atoms with Crippen LogP contribution >= 0.6 is 0 Å². The first-order valence-corrected chi connectivity index (χ1v) is 7.42. The van der Waals surface area contributed by atoms with Gasteiger partial charge in [-0.3, -0.25) is 4.79 Å². The number of amides is 1. The lowest BCUT2D eigenvalue weighted by Crippen LogP contribution is -2.12. The molecule has 2 heterocycles. The van der Waals surface area contributed by atoms with E-state index in [9.17, 15) is 4.79 Å². The zero-order valence-electron chi connectivity index (χ0n) is 12.9. The molecule has 2 aromatic carbocycles. The molecule has 0 unspecified atom stereocenters. The van der Waals surface area contributed by atoms with Gasteiger partial charge in [0.05, 0.1) is 5.56 Å². The lowest BCUT2D eigenvalue weighted by atomic mass is 10.1. The van der Waals surface area contributed by atoms with Gasteiger partial charge in [0.15, 0.2) is 11.5 Å². The molecule has 5 nitrogen and oxygen atoms in total. The van der Waals surface area contributed by atoms with Crippen LogP contribution in [-0.2, 0) is 0 Å². The van der Waals surface area contributed by atoms with Crippen LogP contribution in [0, 0.1) is 13.8 Å². The number of para-hydroxylation sites is 1. The number of anilines is 1. The molecule has 3 aromatic rings. The van der Waals surface area contributed by atoms with Gasteiger partial charge < -0.3 is 19.8 Å². The van der Waals surface area contributed by atoms with Crippen LogP contribution in [0.4, 0.5) is 5.69 Å². The summed E-state index contributed by atoms with van der Waals surface area (Å²) in [7, 11) is 0. The van der Waals surface area contributed by atoms with Crippen molar-refractivity contribution >= 4 is 22.5 Å². The molecule has 1 amide bonds. The minimum Gasteiger partial charge on any atom is -0.454 e. The van der Waals surface area contributed by atoms with Crippen molar-refractivity contribution in [3.8, 4) is 11.5 Å². The maximum Gasteiger partial charge on any atom is 0.258 e. The van der Waals surface area contributed by atoms with Gasteiger partial charge in [-0.15, -0.1) is 0 Å². The molecular formula is C18H16N2O3. The van der Waals surface area contributed by atoms with E-state index in [-0.39, 0.29) is 12.7 Å². The lowest BCUT2D eigenvalue weighted by Gasteiger charge is -2.06. The van der Waals surface area contributed by atoms with Gasteiger partial charge >= 0.3 is 0 Å². The summed E-state index contributed by atoms with van der Waals surface area (Å²) in [5, 5.41) is 3.86.